The Kier molecular flexibility index (Phi) is 7.96. The molecule has 2 N–H and O–H groups in total. The third kappa shape index (κ3) is 5.38. The van der Waals surface area contributed by atoms with E-state index in [0.717, 1.165) is 16.6 Å². The predicted molar refractivity (Wildman–Crippen MR) is 135 cm³/mol. The van der Waals surface area contributed by atoms with E-state index in [1.165, 1.54) is 11.6 Å². The molecule has 0 bridgehead atoms. The highest BCUT2D eigenvalue weighted by molar-refractivity contribution is 6.34. The molecule has 0 saturated heterocycles. The first-order chi connectivity index (χ1) is 16.6. The largest absolute Gasteiger partial charge is 0.480 e. The quantitative estimate of drug-likeness (QED) is 0.497. The van der Waals surface area contributed by atoms with Crippen LogP contribution in [-0.4, -0.2) is 32.2 Å². The summed E-state index contributed by atoms with van der Waals surface area (Å²) in [6.45, 7) is 3.68. The van der Waals surface area contributed by atoms with Gasteiger partial charge >= 0.3 is 11.7 Å². The number of hydrogen-bond donors (Lipinski definition) is 2. The van der Waals surface area contributed by atoms with E-state index < -0.39 is 29.2 Å². The topological polar surface area (TPSA) is 110 Å². The Morgan fingerprint density at radius 2 is 1.71 bits per heavy atom. The highest BCUT2D eigenvalue weighted by Crippen LogP contribution is 2.22. The number of carbonyl (C=O) groups excluding carboxylic acids is 1. The minimum absolute atomic E-state index is 0.0409. The summed E-state index contributed by atoms with van der Waals surface area (Å²) in [5, 5.41) is 12.6. The van der Waals surface area contributed by atoms with Gasteiger partial charge in [0.2, 0.25) is 0 Å². The summed E-state index contributed by atoms with van der Waals surface area (Å²) in [6.07, 6.45) is 1.50. The number of carboxylic acid groups (broad SMARTS) is 1. The first-order valence-electron chi connectivity index (χ1n) is 11.2. The molecule has 0 fully saturated rings. The molecule has 2 aromatic carbocycles. The van der Waals surface area contributed by atoms with Crippen molar-refractivity contribution in [1.82, 2.24) is 14.5 Å². The van der Waals surface area contributed by atoms with Gasteiger partial charge in [-0.15, -0.1) is 0 Å². The smallest absolute Gasteiger partial charge is 0.330 e. The van der Waals surface area contributed by atoms with Crippen LogP contribution in [0.15, 0.2) is 52.1 Å². The van der Waals surface area contributed by atoms with E-state index in [2.05, 4.69) is 5.32 Å². The van der Waals surface area contributed by atoms with Crippen molar-refractivity contribution in [3.63, 3.8) is 0 Å². The zero-order valence-corrected chi connectivity index (χ0v) is 20.8. The van der Waals surface area contributed by atoms with Crippen LogP contribution in [0, 0.1) is 6.92 Å². The van der Waals surface area contributed by atoms with Gasteiger partial charge in [0.15, 0.2) is 0 Å². The average molecular weight is 498 g/mol. The molecule has 0 unspecified atom stereocenters. The molecule has 1 heterocycles. The Balaban J connectivity index is 1.86. The van der Waals surface area contributed by atoms with Crippen molar-refractivity contribution < 1.29 is 14.7 Å². The molecular formula is C26H28ClN3O5. The second kappa shape index (κ2) is 10.7. The van der Waals surface area contributed by atoms with Crippen LogP contribution in [0.1, 0.15) is 40.5 Å². The first kappa shape index (κ1) is 26.0. The molecular weight excluding hydrogens is 470 g/mol. The van der Waals surface area contributed by atoms with E-state index in [0.29, 0.717) is 34.4 Å². The fraction of sp³-hybridized carbons (Fsp3) is 0.308. The molecule has 8 nitrogen and oxygen atoms in total. The van der Waals surface area contributed by atoms with Crippen LogP contribution in [0.25, 0.3) is 11.1 Å². The van der Waals surface area contributed by atoms with Gasteiger partial charge < -0.3 is 15.0 Å². The van der Waals surface area contributed by atoms with Crippen molar-refractivity contribution in [3.8, 4) is 11.1 Å². The summed E-state index contributed by atoms with van der Waals surface area (Å²) >= 11 is 6.26. The molecule has 1 aromatic heterocycles. The zero-order chi connectivity index (χ0) is 25.9. The number of rotatable bonds is 8. The number of amides is 1. The summed E-state index contributed by atoms with van der Waals surface area (Å²) in [5.74, 6) is -1.71. The lowest BCUT2D eigenvalue weighted by Gasteiger charge is -2.17. The number of nitrogens with zero attached hydrogens (tertiary/aromatic N) is 2. The van der Waals surface area contributed by atoms with Crippen LogP contribution in [-0.2, 0) is 31.7 Å². The number of aryl methyl sites for hydroxylation is 1. The number of carbonyl (C=O) groups is 2. The molecule has 0 spiro atoms. The maximum Gasteiger partial charge on any atom is 0.330 e. The van der Waals surface area contributed by atoms with Gasteiger partial charge in [-0.1, -0.05) is 61.3 Å². The van der Waals surface area contributed by atoms with E-state index in [1.54, 1.807) is 50.4 Å². The molecule has 35 heavy (non-hydrogen) atoms. The molecule has 0 aliphatic carbocycles. The standard InChI is InChI=1S/C26H28ClN3O5/c1-5-7-17-8-6-9-19(27)22(17)23(31)28-20(25(33)34)14-16-10-12-18(13-11-16)21-15(2)29(3)26(35)30(4)24(21)32/h6,8-13,20H,5,7,14H2,1-4H3,(H,28,31)(H,33,34)/t20-/m0/s1. The molecule has 3 rings (SSSR count). The fourth-order valence-electron chi connectivity index (χ4n) is 4.05. The Morgan fingerprint density at radius 3 is 2.31 bits per heavy atom. The molecule has 9 heteroatoms. The normalized spacial score (nSPS) is 11.8. The van der Waals surface area contributed by atoms with Crippen molar-refractivity contribution >= 4 is 23.5 Å². The summed E-state index contributed by atoms with van der Waals surface area (Å²) < 4.78 is 2.45. The van der Waals surface area contributed by atoms with Gasteiger partial charge in [-0.3, -0.25) is 14.2 Å². The van der Waals surface area contributed by atoms with Crippen LogP contribution in [0.4, 0.5) is 0 Å². The second-order valence-corrected chi connectivity index (χ2v) is 8.86. The van der Waals surface area contributed by atoms with Crippen molar-refractivity contribution in [2.45, 2.75) is 39.2 Å². The van der Waals surface area contributed by atoms with Crippen LogP contribution < -0.4 is 16.6 Å². The van der Waals surface area contributed by atoms with Gasteiger partial charge in [0.05, 0.1) is 16.1 Å². The Morgan fingerprint density at radius 1 is 1.06 bits per heavy atom. The van der Waals surface area contributed by atoms with Crippen LogP contribution in [0.3, 0.4) is 0 Å². The van der Waals surface area contributed by atoms with Gasteiger partial charge in [0, 0.05) is 26.2 Å². The van der Waals surface area contributed by atoms with E-state index >= 15 is 0 Å². The number of carboxylic acids is 1. The van der Waals surface area contributed by atoms with Crippen LogP contribution in [0.5, 0.6) is 0 Å². The first-order valence-corrected chi connectivity index (χ1v) is 11.6. The second-order valence-electron chi connectivity index (χ2n) is 8.46. The Labute approximate surface area is 207 Å². The highest BCUT2D eigenvalue weighted by Gasteiger charge is 2.24. The molecule has 1 amide bonds. The summed E-state index contributed by atoms with van der Waals surface area (Å²) in [5.41, 5.74) is 2.44. The summed E-state index contributed by atoms with van der Waals surface area (Å²) in [4.78, 5) is 49.7. The number of aromatic nitrogens is 2. The Bertz CT molecular complexity index is 1390. The monoisotopic (exact) mass is 497 g/mol. The van der Waals surface area contributed by atoms with Gasteiger partial charge in [-0.25, -0.2) is 9.59 Å². The predicted octanol–water partition coefficient (Wildman–Crippen LogP) is 3.09. The summed E-state index contributed by atoms with van der Waals surface area (Å²) in [7, 11) is 3.02. The van der Waals surface area contributed by atoms with Crippen LogP contribution >= 0.6 is 11.6 Å². The molecule has 0 radical (unpaired) electrons. The molecule has 184 valence electrons. The van der Waals surface area contributed by atoms with Gasteiger partial charge in [0.1, 0.15) is 6.04 Å². The third-order valence-corrected chi connectivity index (χ3v) is 6.40. The molecule has 0 saturated carbocycles. The average Bonchev–Trinajstić information content (AvgIpc) is 2.82. The molecule has 0 aliphatic rings. The van der Waals surface area contributed by atoms with E-state index in [-0.39, 0.29) is 11.4 Å². The number of halogens is 1. The van der Waals surface area contributed by atoms with Gasteiger partial charge in [0.25, 0.3) is 11.5 Å². The minimum atomic E-state index is -1.17. The summed E-state index contributed by atoms with van der Waals surface area (Å²) in [6, 6.07) is 10.8. The van der Waals surface area contributed by atoms with Crippen molar-refractivity contribution in [1.29, 1.82) is 0 Å². The van der Waals surface area contributed by atoms with Crippen molar-refractivity contribution in [2.75, 3.05) is 0 Å². The lowest BCUT2D eigenvalue weighted by Crippen LogP contribution is -2.42. The highest BCUT2D eigenvalue weighted by atomic mass is 35.5. The third-order valence-electron chi connectivity index (χ3n) is 6.09. The lowest BCUT2D eigenvalue weighted by molar-refractivity contribution is -0.139. The number of hydrogen-bond acceptors (Lipinski definition) is 4. The van der Waals surface area contributed by atoms with Gasteiger partial charge in [-0.2, -0.15) is 0 Å². The zero-order valence-electron chi connectivity index (χ0n) is 20.1. The Hall–Kier alpha value is -3.65. The molecule has 3 aromatic rings. The van der Waals surface area contributed by atoms with Gasteiger partial charge in [-0.05, 0) is 36.1 Å². The van der Waals surface area contributed by atoms with E-state index in [4.69, 9.17) is 11.6 Å². The molecule has 1 atom stereocenters. The number of aliphatic carboxylic acids is 1. The SMILES string of the molecule is CCCc1cccc(Cl)c1C(=O)N[C@@H](Cc1ccc(-c2c(C)n(C)c(=O)n(C)c2=O)cc1)C(=O)O. The van der Waals surface area contributed by atoms with Crippen LogP contribution in [0.2, 0.25) is 5.02 Å². The van der Waals surface area contributed by atoms with Crippen molar-refractivity contribution in [2.24, 2.45) is 14.1 Å². The van der Waals surface area contributed by atoms with E-state index in [9.17, 15) is 24.3 Å². The maximum atomic E-state index is 12.9. The fourth-order valence-corrected chi connectivity index (χ4v) is 4.33. The lowest BCUT2D eigenvalue weighted by atomic mass is 9.99. The number of benzene rings is 2. The number of nitrogens with one attached hydrogen (secondary N) is 1. The minimum Gasteiger partial charge on any atom is -0.480 e. The van der Waals surface area contributed by atoms with E-state index in [1.807, 2.05) is 13.0 Å². The molecule has 0 aliphatic heterocycles. The maximum absolute atomic E-state index is 12.9. The van der Waals surface area contributed by atoms with Crippen molar-refractivity contribution in [3.05, 3.63) is 90.7 Å².